The second-order valence-electron chi connectivity index (χ2n) is 7.16. The standard InChI is InChI=1S/C22H24N6O2S2/c1-31-18-7-3-2-6-17(18)25-20(29)14-16-15-32-21(24-16)26-22(30)28-12-10-27(11-13-28)19-8-4-5-9-23-19/h2-9,15H,10-14H2,1H3,(H,25,29)(H,24,26,30). The summed E-state index contributed by atoms with van der Waals surface area (Å²) in [6, 6.07) is 13.3. The second kappa shape index (κ2) is 10.5. The molecule has 1 saturated heterocycles. The lowest BCUT2D eigenvalue weighted by molar-refractivity contribution is -0.115. The number of aromatic nitrogens is 2. The maximum Gasteiger partial charge on any atom is 0.323 e. The Balaban J connectivity index is 1.27. The molecule has 0 aliphatic carbocycles. The van der Waals surface area contributed by atoms with E-state index in [0.717, 1.165) is 29.5 Å². The summed E-state index contributed by atoms with van der Waals surface area (Å²) in [5.41, 5.74) is 1.42. The maximum absolute atomic E-state index is 12.6. The van der Waals surface area contributed by atoms with E-state index in [0.29, 0.717) is 23.9 Å². The van der Waals surface area contributed by atoms with Crippen molar-refractivity contribution in [3.63, 3.8) is 0 Å². The largest absolute Gasteiger partial charge is 0.353 e. The van der Waals surface area contributed by atoms with Crippen molar-refractivity contribution >= 4 is 51.7 Å². The van der Waals surface area contributed by atoms with Gasteiger partial charge in [-0.1, -0.05) is 18.2 Å². The first-order chi connectivity index (χ1) is 15.6. The van der Waals surface area contributed by atoms with Crippen LogP contribution in [0, 0.1) is 0 Å². The highest BCUT2D eigenvalue weighted by molar-refractivity contribution is 7.98. The van der Waals surface area contributed by atoms with E-state index in [1.807, 2.05) is 48.7 Å². The zero-order valence-electron chi connectivity index (χ0n) is 17.7. The molecular formula is C22H24N6O2S2. The average molecular weight is 469 g/mol. The molecule has 3 amide bonds. The van der Waals surface area contributed by atoms with Crippen molar-refractivity contribution in [2.45, 2.75) is 11.3 Å². The molecule has 1 aromatic carbocycles. The Morgan fingerprint density at radius 3 is 2.59 bits per heavy atom. The lowest BCUT2D eigenvalue weighted by Gasteiger charge is -2.35. The van der Waals surface area contributed by atoms with Gasteiger partial charge in [0.1, 0.15) is 5.82 Å². The number of piperazine rings is 1. The van der Waals surface area contributed by atoms with Gasteiger partial charge in [0.15, 0.2) is 5.13 Å². The number of thioether (sulfide) groups is 1. The third-order valence-electron chi connectivity index (χ3n) is 5.03. The van der Waals surface area contributed by atoms with E-state index in [4.69, 9.17) is 0 Å². The SMILES string of the molecule is CSc1ccccc1NC(=O)Cc1csc(NC(=O)N2CCN(c3ccccn3)CC2)n1. The zero-order valence-corrected chi connectivity index (χ0v) is 19.3. The van der Waals surface area contributed by atoms with Crippen molar-refractivity contribution in [3.05, 3.63) is 59.7 Å². The van der Waals surface area contributed by atoms with E-state index in [9.17, 15) is 9.59 Å². The minimum Gasteiger partial charge on any atom is -0.353 e. The Hall–Kier alpha value is -3.11. The van der Waals surface area contributed by atoms with Gasteiger partial charge in [-0.25, -0.2) is 14.8 Å². The number of pyridine rings is 1. The fraction of sp³-hybridized carbons (Fsp3) is 0.273. The van der Waals surface area contributed by atoms with Crippen LogP contribution in [0.5, 0.6) is 0 Å². The first-order valence-corrected chi connectivity index (χ1v) is 12.3. The normalized spacial score (nSPS) is 13.7. The molecule has 10 heteroatoms. The maximum atomic E-state index is 12.6. The molecule has 1 aliphatic heterocycles. The summed E-state index contributed by atoms with van der Waals surface area (Å²) in [5.74, 6) is 0.788. The van der Waals surface area contributed by atoms with Gasteiger partial charge in [-0.05, 0) is 30.5 Å². The van der Waals surface area contributed by atoms with Crippen LogP contribution in [0.25, 0.3) is 0 Å². The number of benzene rings is 1. The fourth-order valence-corrected chi connectivity index (χ4v) is 4.66. The summed E-state index contributed by atoms with van der Waals surface area (Å²) >= 11 is 2.90. The van der Waals surface area contributed by atoms with E-state index in [2.05, 4.69) is 25.5 Å². The minimum absolute atomic E-state index is 0.139. The molecular weight excluding hydrogens is 444 g/mol. The van der Waals surface area contributed by atoms with Gasteiger partial charge < -0.3 is 15.1 Å². The van der Waals surface area contributed by atoms with Crippen LogP contribution in [-0.4, -0.2) is 59.2 Å². The number of rotatable bonds is 6. The predicted octanol–water partition coefficient (Wildman–Crippen LogP) is 3.80. The van der Waals surface area contributed by atoms with Gasteiger partial charge in [-0.15, -0.1) is 23.1 Å². The topological polar surface area (TPSA) is 90.5 Å². The van der Waals surface area contributed by atoms with Crippen molar-refractivity contribution < 1.29 is 9.59 Å². The first-order valence-electron chi connectivity index (χ1n) is 10.2. The molecule has 4 rings (SSSR count). The monoisotopic (exact) mass is 468 g/mol. The predicted molar refractivity (Wildman–Crippen MR) is 130 cm³/mol. The van der Waals surface area contributed by atoms with Crippen molar-refractivity contribution in [2.75, 3.05) is 48.0 Å². The quantitative estimate of drug-likeness (QED) is 0.535. The molecule has 1 fully saturated rings. The highest BCUT2D eigenvalue weighted by Gasteiger charge is 2.22. The van der Waals surface area contributed by atoms with Crippen LogP contribution in [-0.2, 0) is 11.2 Å². The summed E-state index contributed by atoms with van der Waals surface area (Å²) in [7, 11) is 0. The van der Waals surface area contributed by atoms with Gasteiger partial charge in [0.25, 0.3) is 0 Å². The van der Waals surface area contributed by atoms with Gasteiger partial charge in [0.05, 0.1) is 17.8 Å². The van der Waals surface area contributed by atoms with E-state index >= 15 is 0 Å². The Bertz CT molecular complexity index is 1070. The Morgan fingerprint density at radius 2 is 1.84 bits per heavy atom. The first kappa shape index (κ1) is 22.1. The molecule has 0 spiro atoms. The van der Waals surface area contributed by atoms with E-state index in [1.165, 1.54) is 11.3 Å². The number of urea groups is 1. The van der Waals surface area contributed by atoms with Crippen molar-refractivity contribution in [1.29, 1.82) is 0 Å². The lowest BCUT2D eigenvalue weighted by atomic mass is 10.3. The van der Waals surface area contributed by atoms with Crippen LogP contribution in [0.3, 0.4) is 0 Å². The number of hydrogen-bond acceptors (Lipinski definition) is 7. The summed E-state index contributed by atoms with van der Waals surface area (Å²) in [6.07, 6.45) is 3.90. The smallest absolute Gasteiger partial charge is 0.323 e. The summed E-state index contributed by atoms with van der Waals surface area (Å²) in [5, 5.41) is 8.08. The molecule has 0 radical (unpaired) electrons. The van der Waals surface area contributed by atoms with Crippen LogP contribution in [0.2, 0.25) is 0 Å². The Kier molecular flexibility index (Phi) is 7.23. The summed E-state index contributed by atoms with van der Waals surface area (Å²) in [6.45, 7) is 2.67. The van der Waals surface area contributed by atoms with Gasteiger partial charge in [0.2, 0.25) is 5.91 Å². The van der Waals surface area contributed by atoms with Crippen molar-refractivity contribution in [2.24, 2.45) is 0 Å². The molecule has 0 atom stereocenters. The van der Waals surface area contributed by atoms with E-state index in [1.54, 1.807) is 28.2 Å². The van der Waals surface area contributed by atoms with Crippen LogP contribution >= 0.6 is 23.1 Å². The molecule has 32 heavy (non-hydrogen) atoms. The highest BCUT2D eigenvalue weighted by Crippen LogP contribution is 2.25. The number of carbonyl (C=O) groups excluding carboxylic acids is 2. The summed E-state index contributed by atoms with van der Waals surface area (Å²) < 4.78 is 0. The molecule has 0 unspecified atom stereocenters. The Morgan fingerprint density at radius 1 is 1.06 bits per heavy atom. The molecule has 3 aromatic rings. The van der Waals surface area contributed by atoms with Crippen LogP contribution in [0.4, 0.5) is 21.4 Å². The number of para-hydroxylation sites is 1. The van der Waals surface area contributed by atoms with Gasteiger partial charge in [-0.3, -0.25) is 10.1 Å². The van der Waals surface area contributed by atoms with Crippen LogP contribution in [0.15, 0.2) is 58.9 Å². The number of amides is 3. The fourth-order valence-electron chi connectivity index (χ4n) is 3.40. The number of nitrogens with one attached hydrogen (secondary N) is 2. The molecule has 0 saturated carbocycles. The molecule has 166 valence electrons. The summed E-state index contributed by atoms with van der Waals surface area (Å²) in [4.78, 5) is 38.8. The van der Waals surface area contributed by atoms with Crippen molar-refractivity contribution in [1.82, 2.24) is 14.9 Å². The highest BCUT2D eigenvalue weighted by atomic mass is 32.2. The molecule has 2 aromatic heterocycles. The van der Waals surface area contributed by atoms with Crippen LogP contribution < -0.4 is 15.5 Å². The minimum atomic E-state index is -0.176. The lowest BCUT2D eigenvalue weighted by Crippen LogP contribution is -2.50. The van der Waals surface area contributed by atoms with Gasteiger partial charge >= 0.3 is 6.03 Å². The van der Waals surface area contributed by atoms with Crippen molar-refractivity contribution in [3.8, 4) is 0 Å². The Labute approximate surface area is 195 Å². The molecule has 8 nitrogen and oxygen atoms in total. The molecule has 1 aliphatic rings. The van der Waals surface area contributed by atoms with E-state index < -0.39 is 0 Å². The number of carbonyl (C=O) groups is 2. The third-order valence-corrected chi connectivity index (χ3v) is 6.63. The van der Waals surface area contributed by atoms with Gasteiger partial charge in [0, 0.05) is 42.7 Å². The third kappa shape index (κ3) is 5.57. The van der Waals surface area contributed by atoms with Gasteiger partial charge in [-0.2, -0.15) is 0 Å². The molecule has 3 heterocycles. The average Bonchev–Trinajstić information content (AvgIpc) is 3.26. The number of anilines is 3. The number of nitrogens with zero attached hydrogens (tertiary/aromatic N) is 4. The van der Waals surface area contributed by atoms with E-state index in [-0.39, 0.29) is 18.4 Å². The second-order valence-corrected chi connectivity index (χ2v) is 8.87. The number of thiazole rings is 1. The zero-order chi connectivity index (χ0) is 22.3. The number of hydrogen-bond donors (Lipinski definition) is 2. The molecule has 2 N–H and O–H groups in total. The van der Waals surface area contributed by atoms with Crippen LogP contribution in [0.1, 0.15) is 5.69 Å². The molecule has 0 bridgehead atoms.